The molecule has 126 valence electrons. The Kier molecular flexibility index (Phi) is 5.64. The van der Waals surface area contributed by atoms with Gasteiger partial charge in [-0.1, -0.05) is 6.07 Å². The first-order chi connectivity index (χ1) is 11.4. The minimum absolute atomic E-state index is 0.0475. The molecular weight excluding hydrogens is 332 g/mol. The molecule has 8 heteroatoms. The van der Waals surface area contributed by atoms with E-state index in [1.165, 1.54) is 30.4 Å². The molecule has 0 radical (unpaired) electrons. The third-order valence-electron chi connectivity index (χ3n) is 3.26. The molecule has 1 aromatic heterocycles. The minimum atomic E-state index is -0.489. The van der Waals surface area contributed by atoms with Gasteiger partial charge in [0, 0.05) is 17.9 Å². The number of thiophene rings is 1. The number of nitrogens with one attached hydrogen (secondary N) is 1. The van der Waals surface area contributed by atoms with Crippen molar-refractivity contribution in [3.8, 4) is 5.75 Å². The van der Waals surface area contributed by atoms with Crippen LogP contribution in [0.4, 0.5) is 5.69 Å². The monoisotopic (exact) mass is 348 g/mol. The average molecular weight is 348 g/mol. The van der Waals surface area contributed by atoms with Gasteiger partial charge in [0.1, 0.15) is 5.75 Å². The van der Waals surface area contributed by atoms with Crippen molar-refractivity contribution >= 4 is 28.7 Å². The van der Waals surface area contributed by atoms with Crippen molar-refractivity contribution in [2.24, 2.45) is 0 Å². The summed E-state index contributed by atoms with van der Waals surface area (Å²) in [6, 6.07) is 7.94. The molecule has 0 fully saturated rings. The van der Waals surface area contributed by atoms with E-state index in [4.69, 9.17) is 4.74 Å². The van der Waals surface area contributed by atoms with Crippen LogP contribution in [0.1, 0.15) is 27.0 Å². The van der Waals surface area contributed by atoms with E-state index >= 15 is 0 Å². The molecule has 0 aliphatic carbocycles. The fourth-order valence-corrected chi connectivity index (χ4v) is 2.88. The molecule has 2 rings (SSSR count). The zero-order valence-corrected chi connectivity index (χ0v) is 14.0. The molecule has 0 atom stereocenters. The van der Waals surface area contributed by atoms with Crippen molar-refractivity contribution in [2.45, 2.75) is 20.4 Å². The number of amides is 1. The number of rotatable bonds is 7. The van der Waals surface area contributed by atoms with Crippen LogP contribution >= 0.6 is 11.3 Å². The first-order valence-electron chi connectivity index (χ1n) is 7.11. The molecule has 0 saturated carbocycles. The highest BCUT2D eigenvalue weighted by atomic mass is 32.1. The van der Waals surface area contributed by atoms with E-state index in [1.54, 1.807) is 25.1 Å². The number of Topliss-reactive ketones (excluding diaryl/α,β-unsaturated/α-hetero) is 1. The van der Waals surface area contributed by atoms with Gasteiger partial charge in [-0.15, -0.1) is 11.3 Å². The van der Waals surface area contributed by atoms with E-state index in [0.717, 1.165) is 4.88 Å². The second-order valence-corrected chi connectivity index (χ2v) is 6.21. The lowest BCUT2D eigenvalue weighted by Gasteiger charge is -2.07. The topological polar surface area (TPSA) is 98.5 Å². The van der Waals surface area contributed by atoms with E-state index in [-0.39, 0.29) is 24.0 Å². The maximum Gasteiger partial charge on any atom is 0.276 e. The summed E-state index contributed by atoms with van der Waals surface area (Å²) in [6.45, 7) is 3.17. The Labute approximate surface area is 142 Å². The molecule has 1 amide bonds. The van der Waals surface area contributed by atoms with Crippen molar-refractivity contribution < 1.29 is 19.2 Å². The summed E-state index contributed by atoms with van der Waals surface area (Å²) in [6.07, 6.45) is 0. The Hall–Kier alpha value is -2.74. The number of ketones is 1. The molecule has 7 nitrogen and oxygen atoms in total. The van der Waals surface area contributed by atoms with Crippen LogP contribution in [0.25, 0.3) is 0 Å². The number of hydrogen-bond donors (Lipinski definition) is 1. The predicted molar refractivity (Wildman–Crippen MR) is 89.5 cm³/mol. The van der Waals surface area contributed by atoms with Crippen molar-refractivity contribution in [1.82, 2.24) is 5.32 Å². The lowest BCUT2D eigenvalue weighted by Crippen LogP contribution is -2.18. The number of nitro benzene ring substituents is 1. The molecule has 24 heavy (non-hydrogen) atoms. The Bertz CT molecular complexity index is 785. The van der Waals surface area contributed by atoms with Crippen LogP contribution < -0.4 is 10.1 Å². The van der Waals surface area contributed by atoms with Crippen LogP contribution in [0.2, 0.25) is 0 Å². The molecular formula is C16H16N2O5S. The molecule has 0 bridgehead atoms. The normalized spacial score (nSPS) is 10.2. The predicted octanol–water partition coefficient (Wildman–Crippen LogP) is 2.86. The number of nitrogens with zero attached hydrogens (tertiary/aromatic N) is 1. The minimum Gasteiger partial charge on any atom is -0.485 e. The fourth-order valence-electron chi connectivity index (χ4n) is 2.01. The van der Waals surface area contributed by atoms with Gasteiger partial charge in [-0.3, -0.25) is 19.7 Å². The number of carbonyl (C=O) groups excluding carboxylic acids is 2. The molecule has 1 heterocycles. The van der Waals surface area contributed by atoms with Crippen LogP contribution in [-0.2, 0) is 11.3 Å². The Morgan fingerprint density at radius 1 is 1.29 bits per heavy atom. The largest absolute Gasteiger partial charge is 0.485 e. The van der Waals surface area contributed by atoms with Gasteiger partial charge in [0.05, 0.1) is 21.9 Å². The number of ether oxygens (including phenoxy) is 1. The van der Waals surface area contributed by atoms with Gasteiger partial charge in [0.25, 0.3) is 5.69 Å². The molecule has 0 aliphatic heterocycles. The highest BCUT2D eigenvalue weighted by Crippen LogP contribution is 2.27. The van der Waals surface area contributed by atoms with Crippen molar-refractivity contribution in [2.75, 3.05) is 6.61 Å². The first kappa shape index (κ1) is 17.6. The van der Waals surface area contributed by atoms with Crippen molar-refractivity contribution in [1.29, 1.82) is 0 Å². The summed E-state index contributed by atoms with van der Waals surface area (Å²) in [5.74, 6) is -0.0479. The molecule has 0 unspecified atom stereocenters. The van der Waals surface area contributed by atoms with Gasteiger partial charge in [0.15, 0.2) is 6.61 Å². The molecule has 0 saturated heterocycles. The Balaban J connectivity index is 2.00. The Morgan fingerprint density at radius 3 is 2.71 bits per heavy atom. The maximum atomic E-state index is 12.2. The van der Waals surface area contributed by atoms with Crippen LogP contribution in [0.15, 0.2) is 30.3 Å². The standard InChI is InChI=1S/C16H16N2O5S/c1-10-13(18(21)22)4-3-5-15(10)23-9-14(20)16-7-6-12(24-16)8-17-11(2)19/h3-7H,8-9H2,1-2H3,(H,17,19). The first-order valence-corrected chi connectivity index (χ1v) is 7.93. The third kappa shape index (κ3) is 4.39. The molecule has 0 aliphatic rings. The van der Waals surface area contributed by atoms with E-state index < -0.39 is 4.92 Å². The molecule has 1 aromatic carbocycles. The SMILES string of the molecule is CC(=O)NCc1ccc(C(=O)COc2cccc([N+](=O)[O-])c2C)s1. The number of benzene rings is 1. The van der Waals surface area contributed by atoms with Crippen LogP contribution in [-0.4, -0.2) is 23.2 Å². The van der Waals surface area contributed by atoms with Crippen molar-refractivity contribution in [3.05, 3.63) is 55.8 Å². The zero-order chi connectivity index (χ0) is 17.7. The summed E-state index contributed by atoms with van der Waals surface area (Å²) < 4.78 is 5.43. The molecule has 2 aromatic rings. The zero-order valence-electron chi connectivity index (χ0n) is 13.2. The summed E-state index contributed by atoms with van der Waals surface area (Å²) in [5, 5.41) is 13.6. The van der Waals surface area contributed by atoms with E-state index in [1.807, 2.05) is 0 Å². The second-order valence-electron chi connectivity index (χ2n) is 5.04. The van der Waals surface area contributed by atoms with E-state index in [2.05, 4.69) is 5.32 Å². The molecule has 1 N–H and O–H groups in total. The third-order valence-corrected chi connectivity index (χ3v) is 4.39. The smallest absolute Gasteiger partial charge is 0.276 e. The van der Waals surface area contributed by atoms with Gasteiger partial charge in [0.2, 0.25) is 11.7 Å². The summed E-state index contributed by atoms with van der Waals surface area (Å²) in [5.41, 5.74) is 0.335. The van der Waals surface area contributed by atoms with Crippen molar-refractivity contribution in [3.63, 3.8) is 0 Å². The number of nitro groups is 1. The van der Waals surface area contributed by atoms with Crippen LogP contribution in [0.5, 0.6) is 5.75 Å². The summed E-state index contributed by atoms with van der Waals surface area (Å²) in [7, 11) is 0. The summed E-state index contributed by atoms with van der Waals surface area (Å²) in [4.78, 5) is 34.8. The highest BCUT2D eigenvalue weighted by molar-refractivity contribution is 7.14. The lowest BCUT2D eigenvalue weighted by atomic mass is 10.2. The second kappa shape index (κ2) is 7.69. The fraction of sp³-hybridized carbons (Fsp3) is 0.250. The maximum absolute atomic E-state index is 12.2. The van der Waals surface area contributed by atoms with Gasteiger partial charge in [-0.25, -0.2) is 0 Å². The van der Waals surface area contributed by atoms with Crippen LogP contribution in [0.3, 0.4) is 0 Å². The van der Waals surface area contributed by atoms with Crippen LogP contribution in [0, 0.1) is 17.0 Å². The molecule has 0 spiro atoms. The summed E-state index contributed by atoms with van der Waals surface area (Å²) >= 11 is 1.28. The van der Waals surface area contributed by atoms with Gasteiger partial charge >= 0.3 is 0 Å². The van der Waals surface area contributed by atoms with Gasteiger partial charge in [-0.2, -0.15) is 0 Å². The van der Waals surface area contributed by atoms with E-state index in [0.29, 0.717) is 22.7 Å². The lowest BCUT2D eigenvalue weighted by molar-refractivity contribution is -0.385. The number of carbonyl (C=O) groups is 2. The van der Waals surface area contributed by atoms with Gasteiger partial charge in [-0.05, 0) is 25.1 Å². The average Bonchev–Trinajstić information content (AvgIpc) is 3.00. The highest BCUT2D eigenvalue weighted by Gasteiger charge is 2.16. The number of hydrogen-bond acceptors (Lipinski definition) is 6. The Morgan fingerprint density at radius 2 is 2.04 bits per heavy atom. The van der Waals surface area contributed by atoms with Gasteiger partial charge < -0.3 is 10.1 Å². The van der Waals surface area contributed by atoms with E-state index in [9.17, 15) is 19.7 Å². The quantitative estimate of drug-likeness (QED) is 0.471.